The number of imidazole rings is 1. The van der Waals surface area contributed by atoms with Crippen molar-refractivity contribution in [1.82, 2.24) is 19.7 Å². The number of hydrogen-bond donors (Lipinski definition) is 5. The number of aromatic nitrogens is 4. The van der Waals surface area contributed by atoms with Gasteiger partial charge in [0.25, 0.3) is 5.56 Å². The monoisotopic (exact) mass is 428 g/mol. The van der Waals surface area contributed by atoms with Gasteiger partial charge in [-0.25, -0.2) is 23.6 Å². The van der Waals surface area contributed by atoms with Crippen LogP contribution in [0.15, 0.2) is 17.4 Å². The van der Waals surface area contributed by atoms with Gasteiger partial charge in [0.2, 0.25) is 5.65 Å². The normalized spacial score (nSPS) is 25.6. The molecule has 2 unspecified atom stereocenters. The first kappa shape index (κ1) is 20.1. The van der Waals surface area contributed by atoms with E-state index in [1.165, 1.54) is 0 Å². The number of H-pyrrole nitrogens is 1. The third-order valence-electron chi connectivity index (χ3n) is 3.32. The van der Waals surface area contributed by atoms with Crippen molar-refractivity contribution in [1.29, 1.82) is 0 Å². The van der Waals surface area contributed by atoms with Gasteiger partial charge >= 0.3 is 15.6 Å². The summed E-state index contributed by atoms with van der Waals surface area (Å²) < 4.78 is 43.4. The fourth-order valence-electron chi connectivity index (χ4n) is 2.24. The van der Waals surface area contributed by atoms with Gasteiger partial charge < -0.3 is 34.3 Å². The summed E-state index contributed by atoms with van der Waals surface area (Å²) in [6.45, 7) is -0.579. The number of hydrogen-bond acceptors (Lipinski definition) is 11. The van der Waals surface area contributed by atoms with Crippen LogP contribution in [0, 0.1) is 0 Å². The third kappa shape index (κ3) is 4.60. The molecule has 5 N–H and O–H groups in total. The average molecular weight is 428 g/mol. The molecule has 0 saturated carbocycles. The Morgan fingerprint density at radius 1 is 1.37 bits per heavy atom. The van der Waals surface area contributed by atoms with Crippen LogP contribution < -0.4 is 10.2 Å². The molecular weight excluding hydrogens is 414 g/mol. The molecule has 4 atom stereocenters. The van der Waals surface area contributed by atoms with E-state index < -0.39 is 46.3 Å². The van der Waals surface area contributed by atoms with Gasteiger partial charge in [-0.3, -0.25) is 4.79 Å². The number of nitrogens with one attached hydrogen (secondary N) is 1. The molecule has 2 aromatic rings. The number of ether oxygens (including phenoxy) is 1. The van der Waals surface area contributed by atoms with Crippen molar-refractivity contribution >= 4 is 26.8 Å². The standard InChI is InChI=1S/C10H14N4O11P2/c15-2-6-5(16)1-7(22-6)23-27(21,25-26(18,19)20)24-14-4-13-8-9(14)11-3-12-10(8)17/h3-7,15-16H,1-2H2,(H,11,12,17)(H2,18,19,20)/t5-,6+,7?,27?/m0/s1. The summed E-state index contributed by atoms with van der Waals surface area (Å²) >= 11 is 0. The van der Waals surface area contributed by atoms with Crippen LogP contribution in [-0.2, 0) is 22.7 Å². The van der Waals surface area contributed by atoms with Gasteiger partial charge in [0.15, 0.2) is 11.8 Å². The fourth-order valence-corrected chi connectivity index (χ4v) is 4.36. The number of phosphoric acid groups is 2. The lowest BCUT2D eigenvalue weighted by Crippen LogP contribution is -2.24. The van der Waals surface area contributed by atoms with Crippen LogP contribution in [0.3, 0.4) is 0 Å². The van der Waals surface area contributed by atoms with Gasteiger partial charge in [-0.2, -0.15) is 4.31 Å². The average Bonchev–Trinajstić information content (AvgIpc) is 3.09. The first-order chi connectivity index (χ1) is 12.6. The van der Waals surface area contributed by atoms with Gasteiger partial charge in [-0.1, -0.05) is 0 Å². The smallest absolute Gasteiger partial charge is 0.394 e. The molecule has 1 aliphatic heterocycles. The highest BCUT2D eigenvalue weighted by Gasteiger charge is 2.45. The maximum absolute atomic E-state index is 12.7. The lowest BCUT2D eigenvalue weighted by atomic mass is 10.2. The first-order valence-corrected chi connectivity index (χ1v) is 10.2. The van der Waals surface area contributed by atoms with Crippen LogP contribution in [0.5, 0.6) is 0 Å². The Morgan fingerprint density at radius 3 is 2.74 bits per heavy atom. The molecule has 2 aromatic heterocycles. The number of nitrogens with zero attached hydrogens (tertiary/aromatic N) is 3. The zero-order valence-corrected chi connectivity index (χ0v) is 15.0. The van der Waals surface area contributed by atoms with Crippen molar-refractivity contribution in [2.75, 3.05) is 6.61 Å². The predicted molar refractivity (Wildman–Crippen MR) is 82.9 cm³/mol. The Hall–Kier alpha value is -1.67. The van der Waals surface area contributed by atoms with Crippen molar-refractivity contribution in [3.05, 3.63) is 23.0 Å². The van der Waals surface area contributed by atoms with Gasteiger partial charge in [-0.05, 0) is 0 Å². The summed E-state index contributed by atoms with van der Waals surface area (Å²) in [5.74, 6) is 0. The van der Waals surface area contributed by atoms with E-state index in [9.17, 15) is 19.0 Å². The molecule has 15 nitrogen and oxygen atoms in total. The molecule has 0 spiro atoms. The van der Waals surface area contributed by atoms with Crippen LogP contribution in [-0.4, -0.2) is 64.8 Å². The maximum atomic E-state index is 12.7. The maximum Gasteiger partial charge on any atom is 0.560 e. The Balaban J connectivity index is 1.88. The molecular formula is C10H14N4O11P2. The molecule has 0 aromatic carbocycles. The minimum Gasteiger partial charge on any atom is -0.394 e. The Kier molecular flexibility index (Phi) is 5.49. The Morgan fingerprint density at radius 2 is 2.11 bits per heavy atom. The van der Waals surface area contributed by atoms with Crippen LogP contribution in [0.25, 0.3) is 11.2 Å². The van der Waals surface area contributed by atoms with Crippen LogP contribution in [0.1, 0.15) is 6.42 Å². The summed E-state index contributed by atoms with van der Waals surface area (Å²) in [6, 6.07) is 0. The second-order valence-electron chi connectivity index (χ2n) is 5.27. The van der Waals surface area contributed by atoms with Crippen molar-refractivity contribution in [2.24, 2.45) is 0 Å². The number of fused-ring (bicyclic) bond motifs is 1. The Bertz CT molecular complexity index is 969. The number of aromatic amines is 1. The van der Waals surface area contributed by atoms with E-state index in [0.717, 1.165) is 12.7 Å². The molecule has 17 heteroatoms. The van der Waals surface area contributed by atoms with E-state index in [2.05, 4.69) is 19.3 Å². The highest BCUT2D eigenvalue weighted by molar-refractivity contribution is 7.61. The lowest BCUT2D eigenvalue weighted by molar-refractivity contribution is -0.104. The zero-order valence-electron chi connectivity index (χ0n) is 13.2. The molecule has 27 heavy (non-hydrogen) atoms. The summed E-state index contributed by atoms with van der Waals surface area (Å²) in [5.41, 5.74) is -1.10. The topological polar surface area (TPSA) is 216 Å². The molecule has 1 saturated heterocycles. The van der Waals surface area contributed by atoms with Crippen molar-refractivity contribution in [2.45, 2.75) is 24.9 Å². The SMILES string of the molecule is O=c1[nH]cnc2c1ncn2OP(=O)(OC1C[C@H](O)[C@@H](CO)O1)OP(=O)(O)O. The molecule has 0 amide bonds. The van der Waals surface area contributed by atoms with Gasteiger partial charge in [-0.15, -0.1) is 4.73 Å². The minimum absolute atomic E-state index is 0.215. The van der Waals surface area contributed by atoms with E-state index in [0.29, 0.717) is 4.73 Å². The van der Waals surface area contributed by atoms with Crippen LogP contribution >= 0.6 is 15.6 Å². The summed E-state index contributed by atoms with van der Waals surface area (Å²) in [5, 5.41) is 18.7. The minimum atomic E-state index is -5.37. The van der Waals surface area contributed by atoms with Gasteiger partial charge in [0, 0.05) is 6.42 Å². The molecule has 0 aliphatic carbocycles. The molecule has 150 valence electrons. The largest absolute Gasteiger partial charge is 0.560 e. The van der Waals surface area contributed by atoms with E-state index in [-0.39, 0.29) is 17.6 Å². The highest BCUT2D eigenvalue weighted by Crippen LogP contribution is 2.60. The predicted octanol–water partition coefficient (Wildman–Crippen LogP) is -1.75. The van der Waals surface area contributed by atoms with E-state index in [4.69, 9.17) is 28.8 Å². The number of aliphatic hydroxyl groups excluding tert-OH is 2. The second-order valence-corrected chi connectivity index (χ2v) is 8.17. The fraction of sp³-hybridized carbons (Fsp3) is 0.500. The van der Waals surface area contributed by atoms with E-state index in [1.807, 2.05) is 0 Å². The first-order valence-electron chi connectivity index (χ1n) is 7.21. The van der Waals surface area contributed by atoms with E-state index in [1.54, 1.807) is 0 Å². The summed E-state index contributed by atoms with van der Waals surface area (Å²) in [7, 11) is -10.4. The summed E-state index contributed by atoms with van der Waals surface area (Å²) in [4.78, 5) is 39.3. The molecule has 3 heterocycles. The van der Waals surface area contributed by atoms with Gasteiger partial charge in [0.05, 0.1) is 19.0 Å². The highest BCUT2D eigenvalue weighted by atomic mass is 31.3. The quantitative estimate of drug-likeness (QED) is 0.310. The third-order valence-corrected chi connectivity index (χ3v) is 5.84. The van der Waals surface area contributed by atoms with Crippen molar-refractivity contribution in [3.8, 4) is 0 Å². The lowest BCUT2D eigenvalue weighted by Gasteiger charge is -2.21. The molecule has 0 radical (unpaired) electrons. The molecule has 1 fully saturated rings. The summed E-state index contributed by atoms with van der Waals surface area (Å²) in [6.07, 6.45) is -2.16. The van der Waals surface area contributed by atoms with Crippen LogP contribution in [0.2, 0.25) is 0 Å². The second kappa shape index (κ2) is 7.39. The molecule has 3 rings (SSSR count). The molecule has 0 bridgehead atoms. The zero-order chi connectivity index (χ0) is 19.8. The van der Waals surface area contributed by atoms with Gasteiger partial charge in [0.1, 0.15) is 12.4 Å². The van der Waals surface area contributed by atoms with Crippen molar-refractivity contribution in [3.63, 3.8) is 0 Å². The van der Waals surface area contributed by atoms with Crippen LogP contribution in [0.4, 0.5) is 0 Å². The van der Waals surface area contributed by atoms with E-state index >= 15 is 0 Å². The number of rotatable bonds is 7. The number of aliphatic hydroxyl groups is 2. The Labute approximate surface area is 149 Å². The molecule has 1 aliphatic rings. The van der Waals surface area contributed by atoms with Crippen molar-refractivity contribution < 1.29 is 47.3 Å².